The maximum atomic E-state index is 11.2. The van der Waals surface area contributed by atoms with Gasteiger partial charge >= 0.3 is 0 Å². The number of fused-ring (bicyclic) bond motifs is 1. The largest absolute Gasteiger partial charge is 0.482 e. The molecule has 0 atom stereocenters. The molecule has 0 saturated heterocycles. The molecular formula is C12H16N2O2S. The maximum Gasteiger partial charge on any atom is 0.262 e. The van der Waals surface area contributed by atoms with E-state index in [1.807, 2.05) is 30.0 Å². The van der Waals surface area contributed by atoms with Crippen LogP contribution in [0.4, 0.5) is 5.69 Å². The lowest BCUT2D eigenvalue weighted by Gasteiger charge is -2.18. The first kappa shape index (κ1) is 12.3. The zero-order valence-corrected chi connectivity index (χ0v) is 10.6. The Morgan fingerprint density at radius 3 is 3.24 bits per heavy atom. The van der Waals surface area contributed by atoms with E-state index in [1.54, 1.807) is 0 Å². The van der Waals surface area contributed by atoms with Crippen LogP contribution < -0.4 is 15.4 Å². The molecule has 0 aliphatic carbocycles. The van der Waals surface area contributed by atoms with E-state index in [-0.39, 0.29) is 12.5 Å². The molecule has 17 heavy (non-hydrogen) atoms. The molecule has 92 valence electrons. The third kappa shape index (κ3) is 3.38. The summed E-state index contributed by atoms with van der Waals surface area (Å²) in [6, 6.07) is 5.88. The number of carbonyl (C=O) groups is 1. The first-order chi connectivity index (χ1) is 8.29. The van der Waals surface area contributed by atoms with E-state index < -0.39 is 0 Å². The molecule has 1 aromatic carbocycles. The van der Waals surface area contributed by atoms with Gasteiger partial charge in [0.1, 0.15) is 5.75 Å². The number of ether oxygens (including phenoxy) is 1. The van der Waals surface area contributed by atoms with Gasteiger partial charge < -0.3 is 15.4 Å². The Labute approximate surface area is 105 Å². The Hall–Kier alpha value is -1.20. The highest BCUT2D eigenvalue weighted by molar-refractivity contribution is 7.98. The number of benzene rings is 1. The van der Waals surface area contributed by atoms with Crippen LogP contribution in [0.5, 0.6) is 5.75 Å². The molecule has 1 heterocycles. The maximum absolute atomic E-state index is 11.2. The van der Waals surface area contributed by atoms with Crippen molar-refractivity contribution in [3.8, 4) is 5.75 Å². The molecule has 0 bridgehead atoms. The summed E-state index contributed by atoms with van der Waals surface area (Å²) in [5.74, 6) is 1.76. The standard InChI is InChI=1S/C12H16N2O2S/c1-17-5-4-13-7-9-2-3-11-10(6-9)14-12(15)8-16-11/h2-3,6,13H,4-5,7-8H2,1H3,(H,14,15). The molecule has 0 radical (unpaired) electrons. The fourth-order valence-corrected chi connectivity index (χ4v) is 2.00. The number of amides is 1. The quantitative estimate of drug-likeness (QED) is 0.779. The van der Waals surface area contributed by atoms with Crippen LogP contribution in [-0.4, -0.2) is 31.1 Å². The van der Waals surface area contributed by atoms with Crippen molar-refractivity contribution in [2.24, 2.45) is 0 Å². The molecule has 5 heteroatoms. The topological polar surface area (TPSA) is 50.4 Å². The monoisotopic (exact) mass is 252 g/mol. The Balaban J connectivity index is 1.95. The minimum Gasteiger partial charge on any atom is -0.482 e. The minimum absolute atomic E-state index is 0.0926. The highest BCUT2D eigenvalue weighted by atomic mass is 32.2. The van der Waals surface area contributed by atoms with Crippen molar-refractivity contribution in [3.05, 3.63) is 23.8 Å². The summed E-state index contributed by atoms with van der Waals surface area (Å²) in [5.41, 5.74) is 1.92. The van der Waals surface area contributed by atoms with Crippen molar-refractivity contribution in [1.29, 1.82) is 0 Å². The van der Waals surface area contributed by atoms with Crippen molar-refractivity contribution >= 4 is 23.4 Å². The van der Waals surface area contributed by atoms with E-state index in [1.165, 1.54) is 0 Å². The molecule has 4 nitrogen and oxygen atoms in total. The second-order valence-electron chi connectivity index (χ2n) is 3.84. The van der Waals surface area contributed by atoms with E-state index >= 15 is 0 Å². The molecule has 0 fully saturated rings. The van der Waals surface area contributed by atoms with Gasteiger partial charge in [-0.3, -0.25) is 4.79 Å². The van der Waals surface area contributed by atoms with Gasteiger partial charge in [-0.15, -0.1) is 0 Å². The Kier molecular flexibility index (Phi) is 4.28. The van der Waals surface area contributed by atoms with Gasteiger partial charge in [0, 0.05) is 18.8 Å². The van der Waals surface area contributed by atoms with Gasteiger partial charge in [-0.25, -0.2) is 0 Å². The summed E-state index contributed by atoms with van der Waals surface area (Å²) >= 11 is 1.82. The summed E-state index contributed by atoms with van der Waals surface area (Å²) in [7, 11) is 0. The lowest BCUT2D eigenvalue weighted by Crippen LogP contribution is -2.25. The average molecular weight is 252 g/mol. The molecule has 0 saturated carbocycles. The van der Waals surface area contributed by atoms with Crippen molar-refractivity contribution in [3.63, 3.8) is 0 Å². The zero-order chi connectivity index (χ0) is 12.1. The SMILES string of the molecule is CSCCNCc1ccc2c(c1)NC(=O)CO2. The first-order valence-corrected chi connectivity index (χ1v) is 6.94. The average Bonchev–Trinajstić information content (AvgIpc) is 2.34. The van der Waals surface area contributed by atoms with Crippen LogP contribution in [0.15, 0.2) is 18.2 Å². The van der Waals surface area contributed by atoms with E-state index in [2.05, 4.69) is 16.9 Å². The summed E-state index contributed by atoms with van der Waals surface area (Å²) in [5, 5.41) is 6.15. The van der Waals surface area contributed by atoms with E-state index in [0.29, 0.717) is 0 Å². The number of hydrogen-bond acceptors (Lipinski definition) is 4. The number of hydrogen-bond donors (Lipinski definition) is 2. The van der Waals surface area contributed by atoms with Gasteiger partial charge in [-0.1, -0.05) is 6.07 Å². The van der Waals surface area contributed by atoms with Crippen LogP contribution >= 0.6 is 11.8 Å². The molecule has 1 aliphatic rings. The minimum atomic E-state index is -0.0926. The van der Waals surface area contributed by atoms with Gasteiger partial charge in [0.25, 0.3) is 5.91 Å². The van der Waals surface area contributed by atoms with Gasteiger partial charge in [0.05, 0.1) is 5.69 Å². The van der Waals surface area contributed by atoms with Crippen LogP contribution in [0.3, 0.4) is 0 Å². The van der Waals surface area contributed by atoms with Gasteiger partial charge in [0.15, 0.2) is 6.61 Å². The van der Waals surface area contributed by atoms with Crippen LogP contribution in [0.25, 0.3) is 0 Å². The van der Waals surface area contributed by atoms with Crippen LogP contribution in [0, 0.1) is 0 Å². The highest BCUT2D eigenvalue weighted by Gasteiger charge is 2.15. The molecule has 2 rings (SSSR count). The van der Waals surface area contributed by atoms with Gasteiger partial charge in [0.2, 0.25) is 0 Å². The highest BCUT2D eigenvalue weighted by Crippen LogP contribution is 2.28. The molecule has 1 aromatic rings. The Morgan fingerprint density at radius 2 is 2.41 bits per heavy atom. The normalized spacial score (nSPS) is 13.8. The van der Waals surface area contributed by atoms with Crippen LogP contribution in [0.1, 0.15) is 5.56 Å². The molecule has 0 unspecified atom stereocenters. The molecule has 0 aromatic heterocycles. The van der Waals surface area contributed by atoms with E-state index in [0.717, 1.165) is 35.8 Å². The number of thioether (sulfide) groups is 1. The fourth-order valence-electron chi connectivity index (χ4n) is 1.65. The number of carbonyl (C=O) groups excluding carboxylic acids is 1. The van der Waals surface area contributed by atoms with Gasteiger partial charge in [-0.2, -0.15) is 11.8 Å². The smallest absolute Gasteiger partial charge is 0.262 e. The molecule has 2 N–H and O–H groups in total. The number of nitrogens with one attached hydrogen (secondary N) is 2. The second-order valence-corrected chi connectivity index (χ2v) is 4.82. The molecular weight excluding hydrogens is 236 g/mol. The van der Waals surface area contributed by atoms with Crippen molar-refractivity contribution in [2.75, 3.05) is 30.5 Å². The lowest BCUT2D eigenvalue weighted by atomic mass is 10.1. The second kappa shape index (κ2) is 5.93. The summed E-state index contributed by atoms with van der Waals surface area (Å²) in [6.45, 7) is 1.91. The molecule has 1 aliphatic heterocycles. The van der Waals surface area contributed by atoms with E-state index in [4.69, 9.17) is 4.74 Å². The van der Waals surface area contributed by atoms with Crippen molar-refractivity contribution in [2.45, 2.75) is 6.54 Å². The van der Waals surface area contributed by atoms with Crippen LogP contribution in [0.2, 0.25) is 0 Å². The Bertz CT molecular complexity index is 409. The molecule has 1 amide bonds. The predicted octanol–water partition coefficient (Wildman–Crippen LogP) is 1.47. The van der Waals surface area contributed by atoms with E-state index in [9.17, 15) is 4.79 Å². The summed E-state index contributed by atoms with van der Waals surface area (Å²) < 4.78 is 5.30. The number of rotatable bonds is 5. The van der Waals surface area contributed by atoms with Crippen molar-refractivity contribution in [1.82, 2.24) is 5.32 Å². The van der Waals surface area contributed by atoms with Crippen LogP contribution in [-0.2, 0) is 11.3 Å². The molecule has 0 spiro atoms. The number of anilines is 1. The van der Waals surface area contributed by atoms with Crippen molar-refractivity contribution < 1.29 is 9.53 Å². The summed E-state index contributed by atoms with van der Waals surface area (Å²) in [6.07, 6.45) is 2.09. The fraction of sp³-hybridized carbons (Fsp3) is 0.417. The first-order valence-electron chi connectivity index (χ1n) is 5.55. The summed E-state index contributed by atoms with van der Waals surface area (Å²) in [4.78, 5) is 11.2. The predicted molar refractivity (Wildman–Crippen MR) is 70.7 cm³/mol. The third-order valence-electron chi connectivity index (χ3n) is 2.49. The third-order valence-corrected chi connectivity index (χ3v) is 3.10. The Morgan fingerprint density at radius 1 is 1.53 bits per heavy atom. The lowest BCUT2D eigenvalue weighted by molar-refractivity contribution is -0.118. The van der Waals surface area contributed by atoms with Gasteiger partial charge in [-0.05, 0) is 24.0 Å². The zero-order valence-electron chi connectivity index (χ0n) is 9.79.